The maximum absolute atomic E-state index is 9.05. The molecule has 0 aromatic heterocycles. The molecule has 1 aliphatic heterocycles. The van der Waals surface area contributed by atoms with Crippen molar-refractivity contribution in [1.82, 2.24) is 5.32 Å². The standard InChI is InChI=1S/C18H13N3O/c19-11-14(12-20)17-21-18(13-22-17,15-7-3-1-4-8-15)16-9-5-2-6-10-16/h1-10,21H,13H2. The first-order valence-electron chi connectivity index (χ1n) is 6.86. The Morgan fingerprint density at radius 3 is 1.86 bits per heavy atom. The molecule has 1 N–H and O–H groups in total. The Bertz CT molecular complexity index is 727. The van der Waals surface area contributed by atoms with Crippen LogP contribution in [-0.4, -0.2) is 6.61 Å². The monoisotopic (exact) mass is 287 g/mol. The summed E-state index contributed by atoms with van der Waals surface area (Å²) < 4.78 is 5.65. The molecule has 3 rings (SSSR count). The Morgan fingerprint density at radius 2 is 1.41 bits per heavy atom. The van der Waals surface area contributed by atoms with Gasteiger partial charge in [-0.3, -0.25) is 0 Å². The number of nitriles is 2. The van der Waals surface area contributed by atoms with Gasteiger partial charge < -0.3 is 10.1 Å². The number of hydrogen-bond donors (Lipinski definition) is 1. The molecule has 1 fully saturated rings. The van der Waals surface area contributed by atoms with Gasteiger partial charge in [0.2, 0.25) is 5.88 Å². The summed E-state index contributed by atoms with van der Waals surface area (Å²) in [7, 11) is 0. The minimum atomic E-state index is -0.600. The number of benzene rings is 2. The Hall–Kier alpha value is -3.24. The highest BCUT2D eigenvalue weighted by atomic mass is 16.5. The zero-order chi connectivity index (χ0) is 15.4. The van der Waals surface area contributed by atoms with Crippen molar-refractivity contribution in [3.63, 3.8) is 0 Å². The van der Waals surface area contributed by atoms with E-state index in [0.29, 0.717) is 6.61 Å². The average molecular weight is 287 g/mol. The summed E-state index contributed by atoms with van der Waals surface area (Å²) in [6.45, 7) is 0.323. The van der Waals surface area contributed by atoms with Crippen molar-refractivity contribution in [2.24, 2.45) is 0 Å². The van der Waals surface area contributed by atoms with Crippen molar-refractivity contribution in [2.45, 2.75) is 5.54 Å². The van der Waals surface area contributed by atoms with Crippen LogP contribution in [0.1, 0.15) is 11.1 Å². The van der Waals surface area contributed by atoms with Crippen LogP contribution in [0, 0.1) is 22.7 Å². The molecule has 0 atom stereocenters. The number of nitrogens with one attached hydrogen (secondary N) is 1. The molecule has 4 heteroatoms. The lowest BCUT2D eigenvalue weighted by Gasteiger charge is -2.28. The molecule has 1 saturated heterocycles. The summed E-state index contributed by atoms with van der Waals surface area (Å²) in [5, 5.41) is 21.3. The van der Waals surface area contributed by atoms with Crippen LogP contribution in [0.25, 0.3) is 0 Å². The van der Waals surface area contributed by atoms with Crippen molar-refractivity contribution in [3.8, 4) is 12.1 Å². The number of allylic oxidation sites excluding steroid dienone is 1. The minimum absolute atomic E-state index is 0.0475. The number of rotatable bonds is 2. The number of hydrogen-bond acceptors (Lipinski definition) is 4. The molecule has 1 heterocycles. The molecule has 2 aromatic carbocycles. The van der Waals surface area contributed by atoms with Crippen LogP contribution in [0.3, 0.4) is 0 Å². The molecule has 0 radical (unpaired) electrons. The normalized spacial score (nSPS) is 15.1. The maximum Gasteiger partial charge on any atom is 0.217 e. The van der Waals surface area contributed by atoms with Gasteiger partial charge in [0, 0.05) is 0 Å². The highest BCUT2D eigenvalue weighted by Crippen LogP contribution is 2.36. The lowest BCUT2D eigenvalue weighted by molar-refractivity contribution is 0.237. The van der Waals surface area contributed by atoms with E-state index in [1.54, 1.807) is 0 Å². The van der Waals surface area contributed by atoms with E-state index < -0.39 is 5.54 Å². The molecule has 0 amide bonds. The van der Waals surface area contributed by atoms with E-state index in [2.05, 4.69) is 5.32 Å². The van der Waals surface area contributed by atoms with Gasteiger partial charge in [0.25, 0.3) is 0 Å². The fraction of sp³-hybridized carbons (Fsp3) is 0.111. The van der Waals surface area contributed by atoms with E-state index in [-0.39, 0.29) is 11.5 Å². The summed E-state index contributed by atoms with van der Waals surface area (Å²) in [6.07, 6.45) is 0. The number of ether oxygens (including phenoxy) is 1. The summed E-state index contributed by atoms with van der Waals surface area (Å²) in [6, 6.07) is 23.5. The topological polar surface area (TPSA) is 68.8 Å². The van der Waals surface area contributed by atoms with Crippen LogP contribution in [0.2, 0.25) is 0 Å². The van der Waals surface area contributed by atoms with Crippen LogP contribution in [0.5, 0.6) is 0 Å². The van der Waals surface area contributed by atoms with E-state index in [9.17, 15) is 0 Å². The second kappa shape index (κ2) is 5.63. The molecule has 4 nitrogen and oxygen atoms in total. The molecule has 0 spiro atoms. The van der Waals surface area contributed by atoms with E-state index in [0.717, 1.165) is 11.1 Å². The van der Waals surface area contributed by atoms with Crippen molar-refractivity contribution in [2.75, 3.05) is 6.61 Å². The Balaban J connectivity index is 2.15. The predicted octanol–water partition coefficient (Wildman–Crippen LogP) is 2.81. The molecule has 0 unspecified atom stereocenters. The second-order valence-corrected chi connectivity index (χ2v) is 4.98. The first-order valence-corrected chi connectivity index (χ1v) is 6.86. The Morgan fingerprint density at radius 1 is 0.909 bits per heavy atom. The van der Waals surface area contributed by atoms with E-state index in [1.165, 1.54) is 0 Å². The largest absolute Gasteiger partial charge is 0.474 e. The van der Waals surface area contributed by atoms with Gasteiger partial charge in [0.05, 0.1) is 0 Å². The summed E-state index contributed by atoms with van der Waals surface area (Å²) in [5.74, 6) is 0.234. The lowest BCUT2D eigenvalue weighted by Crippen LogP contribution is -2.40. The minimum Gasteiger partial charge on any atom is -0.474 e. The third-order valence-electron chi connectivity index (χ3n) is 3.74. The lowest BCUT2D eigenvalue weighted by atomic mass is 9.84. The van der Waals surface area contributed by atoms with E-state index in [4.69, 9.17) is 15.3 Å². The van der Waals surface area contributed by atoms with Crippen molar-refractivity contribution >= 4 is 0 Å². The Labute approximate surface area is 128 Å². The van der Waals surface area contributed by atoms with Crippen molar-refractivity contribution in [3.05, 3.63) is 83.2 Å². The third kappa shape index (κ3) is 2.17. The average Bonchev–Trinajstić information content (AvgIpc) is 3.04. The third-order valence-corrected chi connectivity index (χ3v) is 3.74. The van der Waals surface area contributed by atoms with Crippen LogP contribution in [0.4, 0.5) is 0 Å². The summed E-state index contributed by atoms with van der Waals surface area (Å²) >= 11 is 0. The SMILES string of the molecule is N#CC(C#N)=C1NC(c2ccccc2)(c2ccccc2)CO1. The van der Waals surface area contributed by atoms with E-state index in [1.807, 2.05) is 72.8 Å². The van der Waals surface area contributed by atoms with Gasteiger partial charge in [-0.15, -0.1) is 0 Å². The molecule has 0 saturated carbocycles. The summed E-state index contributed by atoms with van der Waals surface area (Å²) in [4.78, 5) is 0. The van der Waals surface area contributed by atoms with Gasteiger partial charge in [-0.25, -0.2) is 0 Å². The molecule has 0 bridgehead atoms. The molecule has 0 aliphatic carbocycles. The first-order chi connectivity index (χ1) is 10.8. The van der Waals surface area contributed by atoms with Crippen molar-refractivity contribution < 1.29 is 4.74 Å². The number of nitrogens with zero attached hydrogens (tertiary/aromatic N) is 2. The molecule has 106 valence electrons. The molecule has 2 aromatic rings. The fourth-order valence-electron chi connectivity index (χ4n) is 2.63. The maximum atomic E-state index is 9.05. The Kier molecular flexibility index (Phi) is 3.52. The van der Waals surface area contributed by atoms with Gasteiger partial charge >= 0.3 is 0 Å². The van der Waals surface area contributed by atoms with Gasteiger partial charge in [-0.2, -0.15) is 10.5 Å². The van der Waals surface area contributed by atoms with Gasteiger partial charge in [-0.1, -0.05) is 60.7 Å². The van der Waals surface area contributed by atoms with Crippen LogP contribution in [-0.2, 0) is 10.3 Å². The fourth-order valence-corrected chi connectivity index (χ4v) is 2.63. The predicted molar refractivity (Wildman–Crippen MR) is 81.0 cm³/mol. The van der Waals surface area contributed by atoms with Crippen LogP contribution in [0.15, 0.2) is 72.1 Å². The highest BCUT2D eigenvalue weighted by molar-refractivity contribution is 5.45. The quantitative estimate of drug-likeness (QED) is 0.862. The molecular weight excluding hydrogens is 274 g/mol. The molecule has 22 heavy (non-hydrogen) atoms. The van der Waals surface area contributed by atoms with Crippen LogP contribution < -0.4 is 5.32 Å². The zero-order valence-corrected chi connectivity index (χ0v) is 11.8. The molecule has 1 aliphatic rings. The van der Waals surface area contributed by atoms with Gasteiger partial charge in [0.15, 0.2) is 5.57 Å². The van der Waals surface area contributed by atoms with Crippen molar-refractivity contribution in [1.29, 1.82) is 10.5 Å². The van der Waals surface area contributed by atoms with Gasteiger partial charge in [-0.05, 0) is 11.1 Å². The highest BCUT2D eigenvalue weighted by Gasteiger charge is 2.42. The summed E-state index contributed by atoms with van der Waals surface area (Å²) in [5.41, 5.74) is 1.39. The van der Waals surface area contributed by atoms with Gasteiger partial charge in [0.1, 0.15) is 24.3 Å². The first kappa shape index (κ1) is 13.7. The second-order valence-electron chi connectivity index (χ2n) is 4.98. The smallest absolute Gasteiger partial charge is 0.217 e. The van der Waals surface area contributed by atoms with E-state index >= 15 is 0 Å². The molecular formula is C18H13N3O. The van der Waals surface area contributed by atoms with Crippen LogP contribution >= 0.6 is 0 Å². The zero-order valence-electron chi connectivity index (χ0n) is 11.8.